The molecule has 2 unspecified atom stereocenters. The summed E-state index contributed by atoms with van der Waals surface area (Å²) in [7, 11) is 4.40. The lowest BCUT2D eigenvalue weighted by molar-refractivity contribution is -0.116. The zero-order valence-electron chi connectivity index (χ0n) is 12.9. The summed E-state index contributed by atoms with van der Waals surface area (Å²) in [6.07, 6.45) is 2.56. The lowest BCUT2D eigenvalue weighted by Crippen LogP contribution is -2.20. The van der Waals surface area contributed by atoms with Gasteiger partial charge < -0.3 is 0 Å². The second-order valence-corrected chi connectivity index (χ2v) is 7.11. The largest absolute Gasteiger partial charge is 0.299 e. The van der Waals surface area contributed by atoms with Gasteiger partial charge in [-0.05, 0) is 50.5 Å². The molecule has 0 bridgehead atoms. The van der Waals surface area contributed by atoms with Gasteiger partial charge in [-0.1, -0.05) is 26.0 Å². The van der Waals surface area contributed by atoms with Crippen molar-refractivity contribution in [3.8, 4) is 0 Å². The zero-order valence-corrected chi connectivity index (χ0v) is 13.8. The molecule has 1 rings (SSSR count). The van der Waals surface area contributed by atoms with Gasteiger partial charge in [-0.2, -0.15) is 0 Å². The number of hydrogen-bond donors (Lipinski definition) is 0. The van der Waals surface area contributed by atoms with E-state index in [9.17, 15) is 14.0 Å². The van der Waals surface area contributed by atoms with E-state index in [4.69, 9.17) is 7.57 Å². The number of benzene rings is 1. The van der Waals surface area contributed by atoms with E-state index < -0.39 is 19.3 Å². The third-order valence-electron chi connectivity index (χ3n) is 3.35. The summed E-state index contributed by atoms with van der Waals surface area (Å²) in [6, 6.07) is 3.84. The summed E-state index contributed by atoms with van der Waals surface area (Å²) in [4.78, 5) is 24.4. The van der Waals surface area contributed by atoms with Gasteiger partial charge in [0, 0.05) is 11.2 Å². The maximum atomic E-state index is 13.2. The molecule has 0 aliphatic rings. The summed E-state index contributed by atoms with van der Waals surface area (Å²) >= 11 is 0. The molecule has 0 aliphatic heterocycles. The van der Waals surface area contributed by atoms with Crippen molar-refractivity contribution in [2.75, 3.05) is 0 Å². The highest BCUT2D eigenvalue weighted by Gasteiger charge is 2.28. The average Bonchev–Trinajstić information content (AvgIpc) is 2.45. The van der Waals surface area contributed by atoms with Gasteiger partial charge in [0.15, 0.2) is 5.52 Å². The molecule has 114 valence electrons. The van der Waals surface area contributed by atoms with E-state index in [1.165, 1.54) is 31.2 Å². The number of ketones is 1. The SMILES string of the molecule is [B]P(C(=O)c1ccc(F)cc1C=C)C(CCC(=C)C)C(C)=O. The van der Waals surface area contributed by atoms with Crippen molar-refractivity contribution in [3.63, 3.8) is 0 Å². The van der Waals surface area contributed by atoms with E-state index in [0.717, 1.165) is 5.57 Å². The Morgan fingerprint density at radius 1 is 1.41 bits per heavy atom. The van der Waals surface area contributed by atoms with Crippen LogP contribution in [0.2, 0.25) is 0 Å². The molecule has 5 heteroatoms. The Kier molecular flexibility index (Phi) is 6.89. The average molecular weight is 316 g/mol. The van der Waals surface area contributed by atoms with Crippen LogP contribution in [0.25, 0.3) is 6.08 Å². The van der Waals surface area contributed by atoms with E-state index >= 15 is 0 Å². The fraction of sp³-hybridized carbons (Fsp3) is 0.294. The Labute approximate surface area is 133 Å². The number of Topliss-reactive ketones (excluding diaryl/α,β-unsaturated/α-hetero) is 1. The summed E-state index contributed by atoms with van der Waals surface area (Å²) in [5, 5.41) is 0. The van der Waals surface area contributed by atoms with Crippen LogP contribution in [0.1, 0.15) is 42.6 Å². The molecule has 1 aromatic rings. The number of halogens is 1. The van der Waals surface area contributed by atoms with Crippen LogP contribution < -0.4 is 0 Å². The highest BCUT2D eigenvalue weighted by Crippen LogP contribution is 2.43. The van der Waals surface area contributed by atoms with Gasteiger partial charge in [0.2, 0.25) is 0 Å². The monoisotopic (exact) mass is 316 g/mol. The molecule has 0 aliphatic carbocycles. The Bertz CT molecular complexity index is 613. The predicted molar refractivity (Wildman–Crippen MR) is 92.0 cm³/mol. The van der Waals surface area contributed by atoms with Crippen LogP contribution in [0.3, 0.4) is 0 Å². The first-order valence-corrected chi connectivity index (χ1v) is 8.41. The van der Waals surface area contributed by atoms with Gasteiger partial charge in [-0.3, -0.25) is 9.59 Å². The number of hydrogen-bond acceptors (Lipinski definition) is 2. The Morgan fingerprint density at radius 2 is 2.05 bits per heavy atom. The highest BCUT2D eigenvalue weighted by molar-refractivity contribution is 7.97. The van der Waals surface area contributed by atoms with Crippen molar-refractivity contribution < 1.29 is 14.0 Å². The Hall–Kier alpha value is -1.54. The number of allylic oxidation sites excluding steroid dienone is 1. The third-order valence-corrected chi connectivity index (χ3v) is 5.35. The normalized spacial score (nSPS) is 13.2. The van der Waals surface area contributed by atoms with Crippen molar-refractivity contribution in [3.05, 3.63) is 53.9 Å². The van der Waals surface area contributed by atoms with Crippen LogP contribution in [0, 0.1) is 5.82 Å². The minimum absolute atomic E-state index is 0.106. The second kappa shape index (κ2) is 8.19. The van der Waals surface area contributed by atoms with Gasteiger partial charge in [0.05, 0.1) is 0 Å². The van der Waals surface area contributed by atoms with Crippen LogP contribution in [-0.2, 0) is 4.79 Å². The lowest BCUT2D eigenvalue weighted by Gasteiger charge is -2.22. The Morgan fingerprint density at radius 3 is 2.55 bits per heavy atom. The maximum absolute atomic E-state index is 13.2. The second-order valence-electron chi connectivity index (χ2n) is 5.27. The molecule has 0 aromatic heterocycles. The molecule has 2 atom stereocenters. The molecule has 0 heterocycles. The number of carbonyl (C=O) groups is 2. The summed E-state index contributed by atoms with van der Waals surface area (Å²) in [5.41, 5.74) is 0.820. The standard InChI is InChI=1S/C17H19BFO2P/c1-5-13-10-14(19)7-8-15(13)17(21)22(18)16(12(4)20)9-6-11(2)3/h5,7-8,10,16H,1-2,6,9H2,3-4H3. The first-order valence-electron chi connectivity index (χ1n) is 6.93. The van der Waals surface area contributed by atoms with E-state index in [-0.39, 0.29) is 11.3 Å². The quantitative estimate of drug-likeness (QED) is 0.402. The van der Waals surface area contributed by atoms with Crippen molar-refractivity contribution in [2.45, 2.75) is 32.3 Å². The molecule has 1 aromatic carbocycles. The molecule has 0 N–H and O–H groups in total. The van der Waals surface area contributed by atoms with Crippen LogP contribution in [0.15, 0.2) is 36.9 Å². The lowest BCUT2D eigenvalue weighted by atomic mass is 10.1. The predicted octanol–water partition coefficient (Wildman–Crippen LogP) is 4.49. The molecular weight excluding hydrogens is 297 g/mol. The van der Waals surface area contributed by atoms with Crippen LogP contribution in [0.5, 0.6) is 0 Å². The van der Waals surface area contributed by atoms with Crippen LogP contribution in [0.4, 0.5) is 4.39 Å². The molecule has 0 fully saturated rings. The van der Waals surface area contributed by atoms with Crippen molar-refractivity contribution in [1.29, 1.82) is 0 Å². The van der Waals surface area contributed by atoms with Crippen molar-refractivity contribution in [2.24, 2.45) is 0 Å². The molecule has 22 heavy (non-hydrogen) atoms. The third kappa shape index (κ3) is 4.74. The van der Waals surface area contributed by atoms with Gasteiger partial charge in [0.25, 0.3) is 0 Å². The molecule has 2 nitrogen and oxygen atoms in total. The van der Waals surface area contributed by atoms with Gasteiger partial charge >= 0.3 is 0 Å². The number of rotatable bonds is 8. The molecule has 0 saturated heterocycles. The smallest absolute Gasteiger partial charge is 0.175 e. The molecular formula is C17H19BFO2P. The van der Waals surface area contributed by atoms with E-state index in [2.05, 4.69) is 13.2 Å². The topological polar surface area (TPSA) is 34.1 Å². The zero-order chi connectivity index (χ0) is 16.9. The first-order chi connectivity index (χ1) is 10.3. The van der Waals surface area contributed by atoms with Crippen LogP contribution in [-0.4, -0.2) is 24.5 Å². The molecule has 0 spiro atoms. The molecule has 0 saturated carbocycles. The minimum atomic E-state index is -1.68. The summed E-state index contributed by atoms with van der Waals surface area (Å²) in [5.74, 6) is -0.552. The van der Waals surface area contributed by atoms with Crippen molar-refractivity contribution in [1.82, 2.24) is 0 Å². The number of carbonyl (C=O) groups excluding carboxylic acids is 2. The van der Waals surface area contributed by atoms with E-state index in [1.807, 2.05) is 6.92 Å². The molecule has 0 amide bonds. The summed E-state index contributed by atoms with van der Waals surface area (Å²) in [6.45, 7) is 10.7. The van der Waals surface area contributed by atoms with Gasteiger partial charge in [-0.15, -0.1) is 6.58 Å². The molecule has 2 radical (unpaired) electrons. The van der Waals surface area contributed by atoms with Crippen molar-refractivity contribution >= 4 is 32.7 Å². The van der Waals surface area contributed by atoms with Gasteiger partial charge in [-0.25, -0.2) is 4.39 Å². The maximum Gasteiger partial charge on any atom is 0.175 e. The van der Waals surface area contributed by atoms with E-state index in [1.54, 1.807) is 0 Å². The minimum Gasteiger partial charge on any atom is -0.299 e. The Balaban J connectivity index is 3.05. The highest BCUT2D eigenvalue weighted by atomic mass is 31.1. The van der Waals surface area contributed by atoms with Gasteiger partial charge in [0.1, 0.15) is 19.2 Å². The first kappa shape index (κ1) is 18.5. The van der Waals surface area contributed by atoms with Crippen LogP contribution >= 0.6 is 7.80 Å². The van der Waals surface area contributed by atoms with E-state index in [0.29, 0.717) is 24.0 Å². The summed E-state index contributed by atoms with van der Waals surface area (Å²) < 4.78 is 13.2. The fourth-order valence-electron chi connectivity index (χ4n) is 2.10. The fourth-order valence-corrected chi connectivity index (χ4v) is 3.66.